The number of hydrogen-bond acceptors (Lipinski definition) is 5. The number of ether oxygens (including phenoxy) is 2. The molecule has 0 radical (unpaired) electrons. The van der Waals surface area contributed by atoms with Crippen LogP contribution in [0.4, 0.5) is 0 Å². The van der Waals surface area contributed by atoms with Gasteiger partial charge in [-0.3, -0.25) is 9.59 Å². The van der Waals surface area contributed by atoms with Crippen LogP contribution in [0.5, 0.6) is 0 Å². The molecule has 0 aromatic rings. The summed E-state index contributed by atoms with van der Waals surface area (Å²) in [7, 11) is 0. The quantitative estimate of drug-likeness (QED) is 0.204. The van der Waals surface area contributed by atoms with Gasteiger partial charge in [0.2, 0.25) is 11.8 Å². The molecular formula is C24H48N2O4S. The summed E-state index contributed by atoms with van der Waals surface area (Å²) in [5.41, 5.74) is 0. The molecule has 0 heterocycles. The third kappa shape index (κ3) is 25.3. The molecule has 0 rings (SSSR count). The summed E-state index contributed by atoms with van der Waals surface area (Å²) >= 11 is 1.61. The van der Waals surface area contributed by atoms with Crippen molar-refractivity contribution >= 4 is 23.6 Å². The lowest BCUT2D eigenvalue weighted by Gasteiger charge is -2.08. The number of amides is 2. The van der Waals surface area contributed by atoms with Gasteiger partial charge in [0, 0.05) is 19.5 Å². The first-order valence-corrected chi connectivity index (χ1v) is 13.6. The second kappa shape index (κ2) is 25.5. The van der Waals surface area contributed by atoms with Crippen molar-refractivity contribution in [3.05, 3.63) is 0 Å². The van der Waals surface area contributed by atoms with E-state index in [1.165, 1.54) is 57.8 Å². The third-order valence-electron chi connectivity index (χ3n) is 4.95. The van der Waals surface area contributed by atoms with Crippen molar-refractivity contribution in [2.75, 3.05) is 51.0 Å². The van der Waals surface area contributed by atoms with Crippen molar-refractivity contribution in [1.82, 2.24) is 10.6 Å². The van der Waals surface area contributed by atoms with Gasteiger partial charge in [-0.15, -0.1) is 0 Å². The average molecular weight is 461 g/mol. The maximum atomic E-state index is 11.8. The summed E-state index contributed by atoms with van der Waals surface area (Å²) in [4.78, 5) is 23.2. The summed E-state index contributed by atoms with van der Waals surface area (Å²) in [6, 6.07) is 0. The Hall–Kier alpha value is -0.790. The van der Waals surface area contributed by atoms with E-state index in [2.05, 4.69) is 17.6 Å². The Kier molecular flexibility index (Phi) is 24.8. The standard InChI is InChI=1S/C24H48N2O4S/c1-3-5-6-7-8-9-10-11-12-13-14-15-23(27)25-16-18-29-20-21-30-19-17-26-24(28)22-31-4-2/h3-22H2,1-2H3,(H,25,27)(H,26,28). The van der Waals surface area contributed by atoms with Gasteiger partial charge in [0.15, 0.2) is 0 Å². The molecule has 2 N–H and O–H groups in total. The SMILES string of the molecule is CCCCCCCCCCCCCC(=O)NCCOCCOCCNC(=O)CSCC. The smallest absolute Gasteiger partial charge is 0.230 e. The van der Waals surface area contributed by atoms with Gasteiger partial charge in [-0.05, 0) is 12.2 Å². The van der Waals surface area contributed by atoms with E-state index in [-0.39, 0.29) is 11.8 Å². The largest absolute Gasteiger partial charge is 0.377 e. The van der Waals surface area contributed by atoms with Gasteiger partial charge >= 0.3 is 0 Å². The minimum absolute atomic E-state index is 0.0515. The van der Waals surface area contributed by atoms with Crippen molar-refractivity contribution in [2.45, 2.75) is 90.9 Å². The first kappa shape index (κ1) is 30.2. The molecule has 6 nitrogen and oxygen atoms in total. The van der Waals surface area contributed by atoms with Gasteiger partial charge < -0.3 is 20.1 Å². The summed E-state index contributed by atoms with van der Waals surface area (Å²) in [6.07, 6.45) is 14.8. The summed E-state index contributed by atoms with van der Waals surface area (Å²) in [6.45, 7) is 7.33. The fourth-order valence-corrected chi connectivity index (χ4v) is 3.62. The molecule has 0 saturated carbocycles. The van der Waals surface area contributed by atoms with Crippen LogP contribution in [0.2, 0.25) is 0 Å². The molecule has 0 fully saturated rings. The fraction of sp³-hybridized carbons (Fsp3) is 0.917. The van der Waals surface area contributed by atoms with Crippen molar-refractivity contribution in [3.63, 3.8) is 0 Å². The lowest BCUT2D eigenvalue weighted by molar-refractivity contribution is -0.121. The van der Waals surface area contributed by atoms with Crippen LogP contribution in [0.15, 0.2) is 0 Å². The number of unbranched alkanes of at least 4 members (excludes halogenated alkanes) is 10. The molecule has 0 aliphatic heterocycles. The van der Waals surface area contributed by atoms with E-state index >= 15 is 0 Å². The number of thioether (sulfide) groups is 1. The van der Waals surface area contributed by atoms with Crippen molar-refractivity contribution in [2.24, 2.45) is 0 Å². The molecular weight excluding hydrogens is 412 g/mol. The highest BCUT2D eigenvalue weighted by atomic mass is 32.2. The normalized spacial score (nSPS) is 10.9. The number of carbonyl (C=O) groups excluding carboxylic acids is 2. The monoisotopic (exact) mass is 460 g/mol. The van der Waals surface area contributed by atoms with E-state index < -0.39 is 0 Å². The van der Waals surface area contributed by atoms with E-state index in [4.69, 9.17) is 9.47 Å². The van der Waals surface area contributed by atoms with Crippen molar-refractivity contribution in [1.29, 1.82) is 0 Å². The highest BCUT2D eigenvalue weighted by Crippen LogP contribution is 2.11. The molecule has 0 bridgehead atoms. The molecule has 31 heavy (non-hydrogen) atoms. The topological polar surface area (TPSA) is 76.7 Å². The minimum atomic E-state index is 0.0515. The summed E-state index contributed by atoms with van der Waals surface area (Å²) in [5, 5.41) is 5.71. The zero-order valence-corrected chi connectivity index (χ0v) is 21.0. The summed E-state index contributed by atoms with van der Waals surface area (Å²) in [5.74, 6) is 1.62. The third-order valence-corrected chi connectivity index (χ3v) is 5.83. The molecule has 0 atom stereocenters. The van der Waals surface area contributed by atoms with Crippen molar-refractivity contribution < 1.29 is 19.1 Å². The average Bonchev–Trinajstić information content (AvgIpc) is 2.77. The molecule has 0 aromatic heterocycles. The van der Waals surface area contributed by atoms with Crippen LogP contribution in [-0.4, -0.2) is 62.8 Å². The van der Waals surface area contributed by atoms with Crippen LogP contribution < -0.4 is 10.6 Å². The molecule has 184 valence electrons. The van der Waals surface area contributed by atoms with Gasteiger partial charge in [0.1, 0.15) is 0 Å². The van der Waals surface area contributed by atoms with E-state index in [1.807, 2.05) is 6.92 Å². The van der Waals surface area contributed by atoms with Crippen LogP contribution in [0.3, 0.4) is 0 Å². The van der Waals surface area contributed by atoms with E-state index in [0.29, 0.717) is 51.7 Å². The van der Waals surface area contributed by atoms with Crippen LogP contribution in [0.1, 0.15) is 90.9 Å². The predicted molar refractivity (Wildman–Crippen MR) is 132 cm³/mol. The first-order valence-electron chi connectivity index (χ1n) is 12.5. The minimum Gasteiger partial charge on any atom is -0.377 e. The lowest BCUT2D eigenvalue weighted by Crippen LogP contribution is -2.29. The lowest BCUT2D eigenvalue weighted by atomic mass is 10.1. The summed E-state index contributed by atoms with van der Waals surface area (Å²) < 4.78 is 10.9. The molecule has 0 unspecified atom stereocenters. The molecule has 0 spiro atoms. The predicted octanol–water partition coefficient (Wildman–Crippen LogP) is 4.71. The number of carbonyl (C=O) groups is 2. The van der Waals surface area contributed by atoms with Crippen LogP contribution in [0, 0.1) is 0 Å². The molecule has 0 saturated heterocycles. The number of rotatable bonds is 24. The van der Waals surface area contributed by atoms with E-state index in [1.54, 1.807) is 11.8 Å². The number of nitrogens with one attached hydrogen (secondary N) is 2. The molecule has 0 aromatic carbocycles. The molecule has 2 amide bonds. The van der Waals surface area contributed by atoms with Gasteiger partial charge in [-0.1, -0.05) is 78.1 Å². The van der Waals surface area contributed by atoms with Crippen LogP contribution in [0.25, 0.3) is 0 Å². The molecule has 0 aliphatic rings. The van der Waals surface area contributed by atoms with Crippen molar-refractivity contribution in [3.8, 4) is 0 Å². The highest BCUT2D eigenvalue weighted by Gasteiger charge is 2.01. The highest BCUT2D eigenvalue weighted by molar-refractivity contribution is 7.99. The Morgan fingerprint density at radius 3 is 1.65 bits per heavy atom. The van der Waals surface area contributed by atoms with E-state index in [9.17, 15) is 9.59 Å². The van der Waals surface area contributed by atoms with Crippen LogP contribution >= 0.6 is 11.8 Å². The second-order valence-corrected chi connectivity index (χ2v) is 9.12. The van der Waals surface area contributed by atoms with Gasteiger partial charge in [-0.25, -0.2) is 0 Å². The Labute approximate surface area is 195 Å². The Morgan fingerprint density at radius 1 is 0.645 bits per heavy atom. The number of hydrogen-bond donors (Lipinski definition) is 2. The zero-order valence-electron chi connectivity index (χ0n) is 20.2. The zero-order chi connectivity index (χ0) is 22.8. The maximum absolute atomic E-state index is 11.8. The van der Waals surface area contributed by atoms with Crippen LogP contribution in [-0.2, 0) is 19.1 Å². The molecule has 0 aliphatic carbocycles. The molecule has 7 heteroatoms. The first-order chi connectivity index (χ1) is 15.2. The maximum Gasteiger partial charge on any atom is 0.230 e. The van der Waals surface area contributed by atoms with Gasteiger partial charge in [0.25, 0.3) is 0 Å². The fourth-order valence-electron chi connectivity index (χ4n) is 3.13. The van der Waals surface area contributed by atoms with E-state index in [0.717, 1.165) is 18.6 Å². The second-order valence-electron chi connectivity index (χ2n) is 7.85. The van der Waals surface area contributed by atoms with Gasteiger partial charge in [-0.2, -0.15) is 11.8 Å². The Bertz CT molecular complexity index is 411. The van der Waals surface area contributed by atoms with Gasteiger partial charge in [0.05, 0.1) is 32.2 Å². The Morgan fingerprint density at radius 2 is 1.13 bits per heavy atom. The Balaban J connectivity index is 3.20.